The predicted molar refractivity (Wildman–Crippen MR) is 89.2 cm³/mol. The van der Waals surface area contributed by atoms with Gasteiger partial charge in [0, 0.05) is 43.2 Å². The molecule has 0 fully saturated rings. The molecular formula is C18H20N2O3. The van der Waals surface area contributed by atoms with Gasteiger partial charge in [-0.3, -0.25) is 4.79 Å². The van der Waals surface area contributed by atoms with Crippen molar-refractivity contribution >= 4 is 22.7 Å². The number of likely N-dealkylation sites (N-methyl/N-ethyl adjacent to an activating group) is 1. The number of terminal acetylenes is 1. The second kappa shape index (κ2) is 7.61. The molecule has 5 heteroatoms. The first kappa shape index (κ1) is 16.8. The quantitative estimate of drug-likeness (QED) is 0.339. The van der Waals surface area contributed by atoms with Gasteiger partial charge in [0.2, 0.25) is 0 Å². The first-order valence-corrected chi connectivity index (χ1v) is 7.41. The lowest BCUT2D eigenvalue weighted by molar-refractivity contribution is -0.135. The number of benzene rings is 1. The van der Waals surface area contributed by atoms with Crippen LogP contribution in [-0.2, 0) is 16.1 Å². The Morgan fingerprint density at radius 2 is 2.04 bits per heavy atom. The van der Waals surface area contributed by atoms with Crippen LogP contribution < -0.4 is 0 Å². The number of aromatic nitrogens is 1. The topological polar surface area (TPSA) is 51.5 Å². The molecule has 0 spiro atoms. The average molecular weight is 312 g/mol. The number of ketones is 1. The predicted octanol–water partition coefficient (Wildman–Crippen LogP) is 1.95. The van der Waals surface area contributed by atoms with Crippen LogP contribution in [0.5, 0.6) is 0 Å². The van der Waals surface area contributed by atoms with E-state index in [0.29, 0.717) is 18.5 Å². The largest absolute Gasteiger partial charge is 0.463 e. The number of ether oxygens (including phenoxy) is 1. The van der Waals surface area contributed by atoms with Gasteiger partial charge in [-0.2, -0.15) is 0 Å². The van der Waals surface area contributed by atoms with Crippen LogP contribution in [0.25, 0.3) is 10.9 Å². The molecule has 0 aliphatic heterocycles. The van der Waals surface area contributed by atoms with E-state index in [1.165, 1.54) is 7.11 Å². The van der Waals surface area contributed by atoms with Gasteiger partial charge in [-0.05, 0) is 13.1 Å². The molecule has 0 aliphatic rings. The third-order valence-corrected chi connectivity index (χ3v) is 3.76. The molecule has 5 nitrogen and oxygen atoms in total. The van der Waals surface area contributed by atoms with Crippen molar-refractivity contribution in [3.8, 4) is 12.3 Å². The number of esters is 1. The summed E-state index contributed by atoms with van der Waals surface area (Å²) in [6.45, 7) is 2.33. The van der Waals surface area contributed by atoms with E-state index in [2.05, 4.69) is 15.6 Å². The van der Waals surface area contributed by atoms with Gasteiger partial charge in [-0.25, -0.2) is 4.79 Å². The Bertz CT molecular complexity index is 755. The summed E-state index contributed by atoms with van der Waals surface area (Å²) in [5, 5.41) is 0.758. The Morgan fingerprint density at radius 1 is 1.30 bits per heavy atom. The van der Waals surface area contributed by atoms with E-state index < -0.39 is 11.8 Å². The number of hydrogen-bond donors (Lipinski definition) is 0. The smallest absolute Gasteiger partial charge is 0.379 e. The summed E-state index contributed by atoms with van der Waals surface area (Å²) < 4.78 is 6.53. The molecule has 0 bridgehead atoms. The Hall–Kier alpha value is -2.58. The van der Waals surface area contributed by atoms with Gasteiger partial charge in [-0.1, -0.05) is 18.2 Å². The Balaban J connectivity index is 2.26. The van der Waals surface area contributed by atoms with E-state index in [1.54, 1.807) is 6.20 Å². The summed E-state index contributed by atoms with van der Waals surface area (Å²) in [4.78, 5) is 25.8. The maximum Gasteiger partial charge on any atom is 0.379 e. The molecule has 1 aromatic carbocycles. The number of carbonyl (C=O) groups excluding carboxylic acids is 2. The van der Waals surface area contributed by atoms with Crippen LogP contribution in [0.2, 0.25) is 0 Å². The SMILES string of the molecule is C#CCCN(C)CCn1cc(C(=O)C(=O)OC)c2ccccc21. The summed E-state index contributed by atoms with van der Waals surface area (Å²) in [6.07, 6.45) is 7.70. The van der Waals surface area contributed by atoms with E-state index in [9.17, 15) is 9.59 Å². The number of fused-ring (bicyclic) bond motifs is 1. The van der Waals surface area contributed by atoms with Crippen molar-refractivity contribution in [2.75, 3.05) is 27.2 Å². The van der Waals surface area contributed by atoms with E-state index in [4.69, 9.17) is 6.42 Å². The van der Waals surface area contributed by atoms with Crippen LogP contribution >= 0.6 is 0 Å². The van der Waals surface area contributed by atoms with E-state index in [1.807, 2.05) is 35.9 Å². The zero-order valence-electron chi connectivity index (χ0n) is 13.4. The van der Waals surface area contributed by atoms with E-state index in [-0.39, 0.29) is 0 Å². The van der Waals surface area contributed by atoms with E-state index >= 15 is 0 Å². The Labute approximate surface area is 135 Å². The maximum absolute atomic E-state index is 12.2. The minimum atomic E-state index is -0.848. The van der Waals surface area contributed by atoms with Gasteiger partial charge in [0.25, 0.3) is 5.78 Å². The van der Waals surface area contributed by atoms with Gasteiger partial charge >= 0.3 is 5.97 Å². The van der Waals surface area contributed by atoms with Crippen molar-refractivity contribution in [1.82, 2.24) is 9.47 Å². The maximum atomic E-state index is 12.2. The number of para-hydroxylation sites is 1. The molecule has 0 saturated carbocycles. The number of rotatable bonds is 7. The molecule has 0 atom stereocenters. The zero-order chi connectivity index (χ0) is 16.8. The number of hydrogen-bond acceptors (Lipinski definition) is 4. The highest BCUT2D eigenvalue weighted by Gasteiger charge is 2.21. The van der Waals surface area contributed by atoms with Gasteiger partial charge in [0.15, 0.2) is 0 Å². The molecule has 2 aromatic rings. The molecule has 23 heavy (non-hydrogen) atoms. The first-order valence-electron chi connectivity index (χ1n) is 7.41. The molecule has 2 rings (SSSR count). The molecule has 0 amide bonds. The third-order valence-electron chi connectivity index (χ3n) is 3.76. The third kappa shape index (κ3) is 3.79. The van der Waals surface area contributed by atoms with Gasteiger partial charge in [0.05, 0.1) is 12.7 Å². The fourth-order valence-corrected chi connectivity index (χ4v) is 2.46. The molecule has 1 heterocycles. The number of Topliss-reactive ketones (excluding diaryl/α,β-unsaturated/α-hetero) is 1. The van der Waals surface area contributed by atoms with Crippen molar-refractivity contribution in [1.29, 1.82) is 0 Å². The van der Waals surface area contributed by atoms with Crippen LogP contribution in [0.1, 0.15) is 16.8 Å². The van der Waals surface area contributed by atoms with Crippen molar-refractivity contribution in [3.05, 3.63) is 36.0 Å². The summed E-state index contributed by atoms with van der Waals surface area (Å²) in [7, 11) is 3.21. The monoisotopic (exact) mass is 312 g/mol. The molecule has 1 aromatic heterocycles. The van der Waals surface area contributed by atoms with Crippen LogP contribution in [-0.4, -0.2) is 48.5 Å². The summed E-state index contributed by atoms with van der Waals surface area (Å²) in [5.74, 6) is 1.15. The molecule has 0 unspecified atom stereocenters. The normalized spacial score (nSPS) is 10.7. The summed E-state index contributed by atoms with van der Waals surface area (Å²) >= 11 is 0. The standard InChI is InChI=1S/C18H20N2O3/c1-4-5-10-19(2)11-12-20-13-15(17(21)18(22)23-3)14-8-6-7-9-16(14)20/h1,6-9,13H,5,10-12H2,2-3H3. The highest BCUT2D eigenvalue weighted by Crippen LogP contribution is 2.22. The van der Waals surface area contributed by atoms with Crippen LogP contribution in [0.3, 0.4) is 0 Å². The molecule has 0 saturated heterocycles. The van der Waals surface area contributed by atoms with Crippen molar-refractivity contribution in [2.24, 2.45) is 0 Å². The second-order valence-electron chi connectivity index (χ2n) is 5.33. The molecular weight excluding hydrogens is 292 g/mol. The number of carbonyl (C=O) groups is 2. The summed E-state index contributed by atoms with van der Waals surface area (Å²) in [6, 6.07) is 7.53. The van der Waals surface area contributed by atoms with Gasteiger partial charge in [0.1, 0.15) is 0 Å². The molecule has 0 N–H and O–H groups in total. The Morgan fingerprint density at radius 3 is 2.74 bits per heavy atom. The average Bonchev–Trinajstić information content (AvgIpc) is 2.95. The zero-order valence-corrected chi connectivity index (χ0v) is 13.4. The second-order valence-corrected chi connectivity index (χ2v) is 5.33. The Kier molecular flexibility index (Phi) is 5.56. The lowest BCUT2D eigenvalue weighted by Crippen LogP contribution is -2.24. The van der Waals surface area contributed by atoms with Crippen LogP contribution in [0.15, 0.2) is 30.5 Å². The lowest BCUT2D eigenvalue weighted by Gasteiger charge is -2.15. The molecule has 0 radical (unpaired) electrons. The van der Waals surface area contributed by atoms with Crippen LogP contribution in [0, 0.1) is 12.3 Å². The minimum absolute atomic E-state index is 0.374. The van der Waals surface area contributed by atoms with Gasteiger partial charge < -0.3 is 14.2 Å². The first-order chi connectivity index (χ1) is 11.1. The fraction of sp³-hybridized carbons (Fsp3) is 0.333. The number of nitrogens with zero attached hydrogens (tertiary/aromatic N) is 2. The lowest BCUT2D eigenvalue weighted by atomic mass is 10.1. The van der Waals surface area contributed by atoms with Crippen molar-refractivity contribution in [2.45, 2.75) is 13.0 Å². The molecule has 120 valence electrons. The van der Waals surface area contributed by atoms with Crippen molar-refractivity contribution in [3.63, 3.8) is 0 Å². The van der Waals surface area contributed by atoms with E-state index in [0.717, 1.165) is 24.0 Å². The minimum Gasteiger partial charge on any atom is -0.463 e. The van der Waals surface area contributed by atoms with Crippen molar-refractivity contribution < 1.29 is 14.3 Å². The van der Waals surface area contributed by atoms with Gasteiger partial charge in [-0.15, -0.1) is 12.3 Å². The summed E-state index contributed by atoms with van der Waals surface area (Å²) in [5.41, 5.74) is 1.30. The number of methoxy groups -OCH3 is 1. The van der Waals surface area contributed by atoms with Crippen LogP contribution in [0.4, 0.5) is 0 Å². The fourth-order valence-electron chi connectivity index (χ4n) is 2.46. The highest BCUT2D eigenvalue weighted by atomic mass is 16.5. The molecule has 0 aliphatic carbocycles. The highest BCUT2D eigenvalue weighted by molar-refractivity contribution is 6.42.